The maximum Gasteiger partial charge on any atom is 0.231 e. The number of hydrogen-bond acceptors (Lipinski definition) is 3. The van der Waals surface area contributed by atoms with Gasteiger partial charge in [-0.3, -0.25) is 4.79 Å². The van der Waals surface area contributed by atoms with E-state index in [1.807, 2.05) is 12.1 Å². The average molecular weight is 449 g/mol. The summed E-state index contributed by atoms with van der Waals surface area (Å²) in [7, 11) is 0. The molecule has 2 heterocycles. The lowest BCUT2D eigenvalue weighted by atomic mass is 9.73. The van der Waals surface area contributed by atoms with Crippen molar-refractivity contribution in [2.75, 3.05) is 32.8 Å². The fourth-order valence-corrected chi connectivity index (χ4v) is 5.54. The third-order valence-electron chi connectivity index (χ3n) is 7.09. The zero-order valence-corrected chi connectivity index (χ0v) is 18.4. The van der Waals surface area contributed by atoms with E-state index in [1.54, 1.807) is 0 Å². The second-order valence-electron chi connectivity index (χ2n) is 8.90. The topological polar surface area (TPSA) is 41.6 Å². The van der Waals surface area contributed by atoms with Crippen LogP contribution in [0, 0.1) is 5.92 Å². The molecule has 5 heteroatoms. The number of likely N-dealkylation sites (tertiary alicyclic amines) is 1. The summed E-state index contributed by atoms with van der Waals surface area (Å²) in [6.45, 7) is 4.82. The summed E-state index contributed by atoms with van der Waals surface area (Å²) < 4.78 is 6.64. The van der Waals surface area contributed by atoms with Crippen molar-refractivity contribution in [1.29, 1.82) is 0 Å². The first kappa shape index (κ1) is 20.4. The van der Waals surface area contributed by atoms with E-state index in [1.165, 1.54) is 32.2 Å². The molecule has 0 spiro atoms. The predicted molar refractivity (Wildman–Crippen MR) is 115 cm³/mol. The van der Waals surface area contributed by atoms with Gasteiger partial charge in [-0.15, -0.1) is 0 Å². The third-order valence-corrected chi connectivity index (χ3v) is 7.62. The Morgan fingerprint density at radius 3 is 2.36 bits per heavy atom. The summed E-state index contributed by atoms with van der Waals surface area (Å²) in [6, 6.07) is 8.59. The highest BCUT2D eigenvalue weighted by Gasteiger charge is 2.42. The molecule has 3 aliphatic rings. The van der Waals surface area contributed by atoms with Crippen LogP contribution in [0.4, 0.5) is 0 Å². The molecule has 154 valence electrons. The van der Waals surface area contributed by atoms with E-state index in [2.05, 4.69) is 38.3 Å². The third kappa shape index (κ3) is 4.63. The number of nitrogens with one attached hydrogen (secondary N) is 1. The van der Waals surface area contributed by atoms with Crippen molar-refractivity contribution in [3.8, 4) is 0 Å². The minimum absolute atomic E-state index is 0.201. The first-order valence-corrected chi connectivity index (χ1v) is 11.8. The molecule has 1 aliphatic carbocycles. The number of rotatable bonds is 5. The standard InChI is InChI=1S/C23H33BrN2O2/c24-20-7-5-19(6-8-20)23(11-15-28-16-12-23)22(27)25-21-9-13-26(14-10-21)17-18-3-1-2-4-18/h5-8,18,21H,1-4,9-17H2,(H,25,27). The van der Waals surface area contributed by atoms with Crippen molar-refractivity contribution >= 4 is 21.8 Å². The largest absolute Gasteiger partial charge is 0.381 e. The molecule has 28 heavy (non-hydrogen) atoms. The molecule has 0 bridgehead atoms. The van der Waals surface area contributed by atoms with E-state index in [0.717, 1.165) is 54.7 Å². The summed E-state index contributed by atoms with van der Waals surface area (Å²) in [5.74, 6) is 1.11. The second-order valence-corrected chi connectivity index (χ2v) is 9.82. The van der Waals surface area contributed by atoms with Gasteiger partial charge >= 0.3 is 0 Å². The molecule has 4 nitrogen and oxygen atoms in total. The fourth-order valence-electron chi connectivity index (χ4n) is 5.28. The number of amides is 1. The van der Waals surface area contributed by atoms with Crippen molar-refractivity contribution in [2.45, 2.75) is 62.8 Å². The van der Waals surface area contributed by atoms with Crippen molar-refractivity contribution in [3.05, 3.63) is 34.3 Å². The first-order valence-electron chi connectivity index (χ1n) is 11.0. The number of hydrogen-bond donors (Lipinski definition) is 1. The lowest BCUT2D eigenvalue weighted by Crippen LogP contribution is -2.53. The van der Waals surface area contributed by atoms with E-state index in [0.29, 0.717) is 19.3 Å². The number of ether oxygens (including phenoxy) is 1. The lowest BCUT2D eigenvalue weighted by molar-refractivity contribution is -0.131. The summed E-state index contributed by atoms with van der Waals surface area (Å²) in [4.78, 5) is 16.1. The number of piperidine rings is 1. The fraction of sp³-hybridized carbons (Fsp3) is 0.696. The van der Waals surface area contributed by atoms with Crippen LogP contribution in [0.3, 0.4) is 0 Å². The average Bonchev–Trinajstić information content (AvgIpc) is 3.23. The van der Waals surface area contributed by atoms with Crippen LogP contribution in [0.5, 0.6) is 0 Å². The van der Waals surface area contributed by atoms with Gasteiger partial charge in [0.1, 0.15) is 0 Å². The van der Waals surface area contributed by atoms with Crippen LogP contribution >= 0.6 is 15.9 Å². The number of carbonyl (C=O) groups is 1. The number of benzene rings is 1. The SMILES string of the molecule is O=C(NC1CCN(CC2CCCC2)CC1)C1(c2ccc(Br)cc2)CCOCC1. The van der Waals surface area contributed by atoms with Crippen LogP contribution in [-0.4, -0.2) is 49.7 Å². The van der Waals surface area contributed by atoms with E-state index in [4.69, 9.17) is 4.74 Å². The molecule has 1 amide bonds. The Bertz CT molecular complexity index is 643. The summed E-state index contributed by atoms with van der Waals surface area (Å²) in [6.07, 6.45) is 9.33. The van der Waals surface area contributed by atoms with Crippen molar-refractivity contribution in [1.82, 2.24) is 10.2 Å². The highest BCUT2D eigenvalue weighted by atomic mass is 79.9. The van der Waals surface area contributed by atoms with Gasteiger partial charge in [0, 0.05) is 43.4 Å². The van der Waals surface area contributed by atoms with E-state index < -0.39 is 5.41 Å². The van der Waals surface area contributed by atoms with Gasteiger partial charge < -0.3 is 15.0 Å². The van der Waals surface area contributed by atoms with Gasteiger partial charge in [-0.25, -0.2) is 0 Å². The Morgan fingerprint density at radius 1 is 1.07 bits per heavy atom. The number of carbonyl (C=O) groups excluding carboxylic acids is 1. The first-order chi connectivity index (χ1) is 13.7. The van der Waals surface area contributed by atoms with E-state index in [9.17, 15) is 4.79 Å². The lowest BCUT2D eigenvalue weighted by Gasteiger charge is -2.39. The molecule has 1 N–H and O–H groups in total. The quantitative estimate of drug-likeness (QED) is 0.730. The van der Waals surface area contributed by atoms with Crippen LogP contribution in [0.25, 0.3) is 0 Å². The minimum atomic E-state index is -0.445. The Kier molecular flexibility index (Phi) is 6.74. The zero-order chi connectivity index (χ0) is 19.4. The van der Waals surface area contributed by atoms with Crippen LogP contribution in [0.1, 0.15) is 56.9 Å². The second kappa shape index (κ2) is 9.27. The van der Waals surface area contributed by atoms with Crippen molar-refractivity contribution in [2.24, 2.45) is 5.92 Å². The van der Waals surface area contributed by atoms with Gasteiger partial charge in [-0.1, -0.05) is 40.9 Å². The van der Waals surface area contributed by atoms with Gasteiger partial charge in [0.25, 0.3) is 0 Å². The normalized spacial score (nSPS) is 24.3. The molecule has 2 saturated heterocycles. The van der Waals surface area contributed by atoms with Crippen molar-refractivity contribution < 1.29 is 9.53 Å². The molecule has 0 radical (unpaired) electrons. The van der Waals surface area contributed by atoms with Gasteiger partial charge in [0.2, 0.25) is 5.91 Å². The molecule has 1 aromatic carbocycles. The van der Waals surface area contributed by atoms with Crippen LogP contribution in [0.15, 0.2) is 28.7 Å². The Hall–Kier alpha value is -0.910. The minimum Gasteiger partial charge on any atom is -0.381 e. The maximum atomic E-state index is 13.4. The van der Waals surface area contributed by atoms with Gasteiger partial charge in [-0.05, 0) is 62.1 Å². The van der Waals surface area contributed by atoms with E-state index in [-0.39, 0.29) is 5.91 Å². The molecule has 1 saturated carbocycles. The molecule has 3 fully saturated rings. The van der Waals surface area contributed by atoms with Gasteiger partial charge in [-0.2, -0.15) is 0 Å². The van der Waals surface area contributed by atoms with Crippen LogP contribution < -0.4 is 5.32 Å². The highest BCUT2D eigenvalue weighted by molar-refractivity contribution is 9.10. The summed E-state index contributed by atoms with van der Waals surface area (Å²) in [5, 5.41) is 3.42. The Morgan fingerprint density at radius 2 is 1.71 bits per heavy atom. The van der Waals surface area contributed by atoms with Gasteiger partial charge in [0.05, 0.1) is 5.41 Å². The highest BCUT2D eigenvalue weighted by Crippen LogP contribution is 2.36. The molecule has 0 atom stereocenters. The molecule has 4 rings (SSSR count). The molecule has 0 aromatic heterocycles. The molecule has 1 aromatic rings. The zero-order valence-electron chi connectivity index (χ0n) is 16.8. The summed E-state index contributed by atoms with van der Waals surface area (Å²) in [5.41, 5.74) is 0.676. The molecule has 2 aliphatic heterocycles. The Balaban J connectivity index is 1.36. The predicted octanol–water partition coefficient (Wildman–Crippen LogP) is 4.27. The summed E-state index contributed by atoms with van der Waals surface area (Å²) >= 11 is 3.51. The Labute approximate surface area is 177 Å². The van der Waals surface area contributed by atoms with Crippen LogP contribution in [0.2, 0.25) is 0 Å². The van der Waals surface area contributed by atoms with Gasteiger partial charge in [0.15, 0.2) is 0 Å². The number of halogens is 1. The monoisotopic (exact) mass is 448 g/mol. The van der Waals surface area contributed by atoms with Crippen molar-refractivity contribution in [3.63, 3.8) is 0 Å². The smallest absolute Gasteiger partial charge is 0.231 e. The van der Waals surface area contributed by atoms with Crippen LogP contribution in [-0.2, 0) is 14.9 Å². The number of nitrogens with zero attached hydrogens (tertiary/aromatic N) is 1. The molecular formula is C23H33BrN2O2. The molecular weight excluding hydrogens is 416 g/mol. The molecule has 0 unspecified atom stereocenters. The van der Waals surface area contributed by atoms with E-state index >= 15 is 0 Å². The maximum absolute atomic E-state index is 13.4.